The minimum atomic E-state index is 0.0657. The molecule has 0 amide bonds. The van der Waals surface area contributed by atoms with Gasteiger partial charge in [0.05, 0.1) is 0 Å². The first-order valence-corrected chi connectivity index (χ1v) is 12.7. The first-order valence-electron chi connectivity index (χ1n) is 12.7. The Morgan fingerprint density at radius 1 is 0.568 bits per heavy atom. The van der Waals surface area contributed by atoms with Gasteiger partial charge in [0.15, 0.2) is 0 Å². The highest BCUT2D eigenvalue weighted by Gasteiger charge is 2.41. The van der Waals surface area contributed by atoms with Crippen molar-refractivity contribution >= 4 is 45.0 Å². The number of benzene rings is 5. The van der Waals surface area contributed by atoms with Crippen LogP contribution in [0.15, 0.2) is 89.3 Å². The summed E-state index contributed by atoms with van der Waals surface area (Å²) in [5.41, 5.74) is 10.7. The number of para-hydroxylation sites is 4. The van der Waals surface area contributed by atoms with Gasteiger partial charge in [-0.2, -0.15) is 0 Å². The third-order valence-electron chi connectivity index (χ3n) is 7.96. The maximum absolute atomic E-state index is 6.64. The molecule has 1 aromatic heterocycles. The van der Waals surface area contributed by atoms with Crippen molar-refractivity contribution in [2.24, 2.45) is 0 Å². The Balaban J connectivity index is 1.42. The van der Waals surface area contributed by atoms with E-state index in [4.69, 9.17) is 13.9 Å². The number of furan rings is 1. The summed E-state index contributed by atoms with van der Waals surface area (Å²) in [6, 6.07) is 29.8. The molecule has 0 aliphatic carbocycles. The van der Waals surface area contributed by atoms with Crippen molar-refractivity contribution in [3.05, 3.63) is 102 Å². The van der Waals surface area contributed by atoms with E-state index in [1.165, 1.54) is 10.9 Å². The van der Waals surface area contributed by atoms with E-state index in [0.29, 0.717) is 0 Å². The summed E-state index contributed by atoms with van der Waals surface area (Å²) in [5.74, 6) is 3.57. The van der Waals surface area contributed by atoms with E-state index in [-0.39, 0.29) is 6.71 Å². The number of hydrogen-bond acceptors (Lipinski definition) is 3. The van der Waals surface area contributed by atoms with E-state index in [0.717, 1.165) is 78.2 Å². The predicted octanol–water partition coefficient (Wildman–Crippen LogP) is 6.91. The summed E-state index contributed by atoms with van der Waals surface area (Å²) in [7, 11) is 0. The molecule has 6 aromatic rings. The van der Waals surface area contributed by atoms with E-state index in [2.05, 4.69) is 106 Å². The molecule has 0 radical (unpaired) electrons. The Kier molecular flexibility index (Phi) is 4.09. The summed E-state index contributed by atoms with van der Waals surface area (Å²) in [5, 5.41) is 2.25. The second-order valence-corrected chi connectivity index (χ2v) is 10.2. The SMILES string of the molecule is Cc1cccc2c1Oc1cc(-c3cccc4c3oc3c(C)cccc34)cc3c1B2c1cccc(C)c1O3. The van der Waals surface area contributed by atoms with Crippen LogP contribution in [0.3, 0.4) is 0 Å². The van der Waals surface area contributed by atoms with Crippen LogP contribution in [0.4, 0.5) is 0 Å². The van der Waals surface area contributed by atoms with Crippen molar-refractivity contribution in [1.82, 2.24) is 0 Å². The van der Waals surface area contributed by atoms with Crippen molar-refractivity contribution in [3.8, 4) is 34.1 Å². The Morgan fingerprint density at radius 2 is 1.11 bits per heavy atom. The monoisotopic (exact) mass is 478 g/mol. The van der Waals surface area contributed by atoms with Crippen LogP contribution in [0.2, 0.25) is 0 Å². The molecule has 3 heterocycles. The number of hydrogen-bond donors (Lipinski definition) is 0. The summed E-state index contributed by atoms with van der Waals surface area (Å²) >= 11 is 0. The summed E-state index contributed by atoms with van der Waals surface area (Å²) < 4.78 is 19.8. The Morgan fingerprint density at radius 3 is 1.76 bits per heavy atom. The van der Waals surface area contributed by atoms with Crippen LogP contribution >= 0.6 is 0 Å². The van der Waals surface area contributed by atoms with Gasteiger partial charge in [0, 0.05) is 21.8 Å². The first-order chi connectivity index (χ1) is 18.1. The summed E-state index contributed by atoms with van der Waals surface area (Å²) in [6.07, 6.45) is 0. The summed E-state index contributed by atoms with van der Waals surface area (Å²) in [4.78, 5) is 0. The molecular formula is C33H23BO3. The van der Waals surface area contributed by atoms with Gasteiger partial charge in [0.2, 0.25) is 0 Å². The van der Waals surface area contributed by atoms with Crippen LogP contribution in [0.1, 0.15) is 16.7 Å². The predicted molar refractivity (Wildman–Crippen MR) is 151 cm³/mol. The van der Waals surface area contributed by atoms with Gasteiger partial charge in [-0.25, -0.2) is 0 Å². The van der Waals surface area contributed by atoms with Crippen LogP contribution in [0.25, 0.3) is 33.1 Å². The molecule has 0 N–H and O–H groups in total. The fourth-order valence-electron chi connectivity index (χ4n) is 6.18. The van der Waals surface area contributed by atoms with Crippen LogP contribution < -0.4 is 25.9 Å². The molecule has 176 valence electrons. The highest BCUT2D eigenvalue weighted by atomic mass is 16.5. The zero-order chi connectivity index (χ0) is 24.8. The van der Waals surface area contributed by atoms with Crippen molar-refractivity contribution in [1.29, 1.82) is 0 Å². The maximum atomic E-state index is 6.64. The van der Waals surface area contributed by atoms with Gasteiger partial charge in [-0.05, 0) is 66.1 Å². The highest BCUT2D eigenvalue weighted by Crippen LogP contribution is 2.42. The van der Waals surface area contributed by atoms with E-state index in [1.54, 1.807) is 0 Å². The van der Waals surface area contributed by atoms with Gasteiger partial charge < -0.3 is 13.9 Å². The molecule has 3 nitrogen and oxygen atoms in total. The molecule has 0 atom stereocenters. The zero-order valence-electron chi connectivity index (χ0n) is 20.9. The van der Waals surface area contributed by atoms with E-state index in [9.17, 15) is 0 Å². The summed E-state index contributed by atoms with van der Waals surface area (Å²) in [6.45, 7) is 6.39. The minimum Gasteiger partial charge on any atom is -0.458 e. The molecular weight excluding hydrogens is 455 g/mol. The van der Waals surface area contributed by atoms with Gasteiger partial charge >= 0.3 is 0 Å². The van der Waals surface area contributed by atoms with Crippen molar-refractivity contribution in [2.45, 2.75) is 20.8 Å². The van der Waals surface area contributed by atoms with E-state index in [1.807, 2.05) is 0 Å². The second kappa shape index (κ2) is 7.30. The molecule has 0 unspecified atom stereocenters. The zero-order valence-corrected chi connectivity index (χ0v) is 20.9. The molecule has 0 spiro atoms. The van der Waals surface area contributed by atoms with Crippen molar-refractivity contribution in [3.63, 3.8) is 0 Å². The number of fused-ring (bicyclic) bond motifs is 7. The second-order valence-electron chi connectivity index (χ2n) is 10.2. The van der Waals surface area contributed by atoms with Crippen LogP contribution in [-0.4, -0.2) is 6.71 Å². The lowest BCUT2D eigenvalue weighted by molar-refractivity contribution is 0.461. The average Bonchev–Trinajstić information content (AvgIpc) is 3.30. The topological polar surface area (TPSA) is 31.6 Å². The maximum Gasteiger partial charge on any atom is 0.260 e. The molecule has 5 aromatic carbocycles. The number of rotatable bonds is 1. The number of aryl methyl sites for hydroxylation is 3. The minimum absolute atomic E-state index is 0.0657. The average molecular weight is 478 g/mol. The van der Waals surface area contributed by atoms with Gasteiger partial charge in [0.1, 0.15) is 34.2 Å². The molecule has 0 saturated heterocycles. The van der Waals surface area contributed by atoms with Gasteiger partial charge in [0.25, 0.3) is 6.71 Å². The normalized spacial score (nSPS) is 13.1. The third-order valence-corrected chi connectivity index (χ3v) is 7.96. The Hall–Kier alpha value is -4.44. The first kappa shape index (κ1) is 20.7. The van der Waals surface area contributed by atoms with Crippen molar-refractivity contribution in [2.75, 3.05) is 0 Å². The van der Waals surface area contributed by atoms with E-state index < -0.39 is 0 Å². The van der Waals surface area contributed by atoms with Crippen LogP contribution in [-0.2, 0) is 0 Å². The molecule has 37 heavy (non-hydrogen) atoms. The third kappa shape index (κ3) is 2.78. The largest absolute Gasteiger partial charge is 0.458 e. The Labute approximate surface area is 215 Å². The van der Waals surface area contributed by atoms with Gasteiger partial charge in [-0.1, -0.05) is 72.8 Å². The van der Waals surface area contributed by atoms with E-state index >= 15 is 0 Å². The smallest absolute Gasteiger partial charge is 0.260 e. The lowest BCUT2D eigenvalue weighted by atomic mass is 9.34. The lowest BCUT2D eigenvalue weighted by Gasteiger charge is -2.34. The van der Waals surface area contributed by atoms with Crippen LogP contribution in [0, 0.1) is 20.8 Å². The fraction of sp³-hybridized carbons (Fsp3) is 0.0909. The number of ether oxygens (including phenoxy) is 2. The molecule has 2 aliphatic heterocycles. The lowest BCUT2D eigenvalue weighted by Crippen LogP contribution is -2.57. The molecule has 2 aliphatic rings. The Bertz CT molecular complexity index is 1850. The highest BCUT2D eigenvalue weighted by molar-refractivity contribution is 6.98. The molecule has 4 heteroatoms. The molecule has 0 fully saturated rings. The molecule has 0 bridgehead atoms. The quantitative estimate of drug-likeness (QED) is 0.241. The van der Waals surface area contributed by atoms with Gasteiger partial charge in [-0.3, -0.25) is 0 Å². The van der Waals surface area contributed by atoms with Crippen LogP contribution in [0.5, 0.6) is 23.0 Å². The van der Waals surface area contributed by atoms with Gasteiger partial charge in [-0.15, -0.1) is 0 Å². The molecule has 8 rings (SSSR count). The molecule has 0 saturated carbocycles. The van der Waals surface area contributed by atoms with Crippen molar-refractivity contribution < 1.29 is 13.9 Å². The standard InChI is InChI=1S/C33H23BO3/c1-18-8-4-12-23-24-13-7-11-22(33(24)37-30(18)23)21-16-27-29-28(17-21)36-32-20(3)10-6-15-26(32)34(29)25-14-5-9-19(2)31(25)35-27/h4-17H,1-3H3. The fourth-order valence-corrected chi connectivity index (χ4v) is 6.18.